The highest BCUT2D eigenvalue weighted by Gasteiger charge is 2.54. The van der Waals surface area contributed by atoms with Crippen LogP contribution < -0.4 is 9.47 Å². The Balaban J connectivity index is 1.34. The second kappa shape index (κ2) is 7.26. The predicted molar refractivity (Wildman–Crippen MR) is 122 cm³/mol. The van der Waals surface area contributed by atoms with Crippen LogP contribution >= 0.6 is 0 Å². The number of fused-ring (bicyclic) bond motifs is 3. The van der Waals surface area contributed by atoms with Crippen molar-refractivity contribution in [2.75, 3.05) is 18.5 Å². The molecule has 31 heavy (non-hydrogen) atoms. The number of carbonyl (C=O) groups is 1. The molecule has 2 unspecified atom stereocenters. The van der Waals surface area contributed by atoms with E-state index in [1.807, 2.05) is 6.20 Å². The Morgan fingerprint density at radius 3 is 2.65 bits per heavy atom. The summed E-state index contributed by atoms with van der Waals surface area (Å²) in [7, 11) is 2.12. The third-order valence-electron chi connectivity index (χ3n) is 7.36. The number of aromatic nitrogens is 2. The first-order chi connectivity index (χ1) is 14.9. The van der Waals surface area contributed by atoms with Crippen molar-refractivity contribution in [1.29, 1.82) is 0 Å². The molecule has 0 saturated carbocycles. The zero-order valence-corrected chi connectivity index (χ0v) is 18.9. The Morgan fingerprint density at radius 2 is 1.87 bits per heavy atom. The highest BCUT2D eigenvalue weighted by atomic mass is 16.2. The number of nitrogens with zero attached hydrogens (tertiary/aromatic N) is 4. The summed E-state index contributed by atoms with van der Waals surface area (Å²) in [5, 5.41) is 0. The van der Waals surface area contributed by atoms with Gasteiger partial charge >= 0.3 is 0 Å². The minimum absolute atomic E-state index is 0.00190. The van der Waals surface area contributed by atoms with Gasteiger partial charge in [-0.25, -0.2) is 9.13 Å². The summed E-state index contributed by atoms with van der Waals surface area (Å²) in [6, 6.07) is 17.2. The predicted octanol–water partition coefficient (Wildman–Crippen LogP) is 3.41. The van der Waals surface area contributed by atoms with Gasteiger partial charge in [0, 0.05) is 31.6 Å². The van der Waals surface area contributed by atoms with E-state index in [0.29, 0.717) is 6.54 Å². The van der Waals surface area contributed by atoms with Gasteiger partial charge in [-0.15, -0.1) is 0 Å². The van der Waals surface area contributed by atoms with E-state index >= 15 is 0 Å². The number of para-hydroxylation sites is 1. The number of likely N-dealkylation sites (tertiary alicyclic amines) is 1. The Bertz CT molecular complexity index is 1130. The van der Waals surface area contributed by atoms with Gasteiger partial charge in [-0.05, 0) is 30.5 Å². The number of likely N-dealkylation sites (N-methyl/N-ethyl adjacent to an activating group) is 1. The molecule has 2 atom stereocenters. The fourth-order valence-electron chi connectivity index (χ4n) is 5.52. The number of rotatable bonds is 4. The fraction of sp³-hybridized carbons (Fsp3) is 0.385. The highest BCUT2D eigenvalue weighted by Crippen LogP contribution is 2.51. The van der Waals surface area contributed by atoms with E-state index in [1.165, 1.54) is 22.4 Å². The molecule has 5 heteroatoms. The summed E-state index contributed by atoms with van der Waals surface area (Å²) in [5.41, 5.74) is 5.15. The summed E-state index contributed by atoms with van der Waals surface area (Å²) >= 11 is 0. The van der Waals surface area contributed by atoms with Crippen molar-refractivity contribution in [1.82, 2.24) is 9.47 Å². The summed E-state index contributed by atoms with van der Waals surface area (Å²) < 4.78 is 4.29. The van der Waals surface area contributed by atoms with E-state index in [0.717, 1.165) is 25.3 Å². The van der Waals surface area contributed by atoms with Crippen LogP contribution in [0.25, 0.3) is 0 Å². The lowest BCUT2D eigenvalue weighted by atomic mass is 9.81. The van der Waals surface area contributed by atoms with Gasteiger partial charge in [-0.3, -0.25) is 4.79 Å². The van der Waals surface area contributed by atoms with Crippen molar-refractivity contribution in [3.05, 3.63) is 83.4 Å². The highest BCUT2D eigenvalue weighted by molar-refractivity contribution is 5.79. The first-order valence-corrected chi connectivity index (χ1v) is 11.1. The summed E-state index contributed by atoms with van der Waals surface area (Å²) in [6.07, 6.45) is 5.20. The monoisotopic (exact) mass is 415 g/mol. The first-order valence-electron chi connectivity index (χ1n) is 11.1. The van der Waals surface area contributed by atoms with Crippen LogP contribution in [-0.2, 0) is 23.3 Å². The third-order valence-corrected chi connectivity index (χ3v) is 7.36. The molecule has 3 heterocycles. The Kier molecular flexibility index (Phi) is 4.65. The Labute approximate surface area is 184 Å². The van der Waals surface area contributed by atoms with Crippen LogP contribution in [0.3, 0.4) is 0 Å². The Morgan fingerprint density at radius 1 is 1.13 bits per heavy atom. The van der Waals surface area contributed by atoms with Gasteiger partial charge in [-0.1, -0.05) is 55.0 Å². The molecule has 5 nitrogen and oxygen atoms in total. The van der Waals surface area contributed by atoms with Gasteiger partial charge in [0.25, 0.3) is 11.7 Å². The van der Waals surface area contributed by atoms with Crippen LogP contribution in [0.5, 0.6) is 0 Å². The third kappa shape index (κ3) is 3.14. The van der Waals surface area contributed by atoms with Gasteiger partial charge in [0.05, 0.1) is 0 Å². The molecule has 0 spiro atoms. The number of anilines is 1. The molecule has 5 rings (SSSR count). The first kappa shape index (κ1) is 19.9. The second-order valence-corrected chi connectivity index (χ2v) is 9.34. The van der Waals surface area contributed by atoms with Crippen molar-refractivity contribution in [2.24, 2.45) is 0 Å². The zero-order chi connectivity index (χ0) is 21.8. The standard InChI is InChI=1S/C26H31N4O/c1-19-9-11-21(12-10-19)17-28-15-16-29(20(28)2)18-24(31)30-14-13-26(3)22-7-5-6-8-23(22)27(4)25(26)30/h5-12,15-16,25H,13-14,17-18H2,1-4H3/q+1. The lowest BCUT2D eigenvalue weighted by molar-refractivity contribution is -0.693. The molecular formula is C26H31N4O+. The van der Waals surface area contributed by atoms with Gasteiger partial charge in [-0.2, -0.15) is 0 Å². The number of hydrogen-bond acceptors (Lipinski definition) is 2. The molecule has 1 saturated heterocycles. The fourth-order valence-corrected chi connectivity index (χ4v) is 5.52. The van der Waals surface area contributed by atoms with Gasteiger partial charge in [0.15, 0.2) is 6.54 Å². The van der Waals surface area contributed by atoms with Crippen molar-refractivity contribution in [3.8, 4) is 0 Å². The average Bonchev–Trinajstić information content (AvgIpc) is 3.36. The van der Waals surface area contributed by atoms with Crippen molar-refractivity contribution in [2.45, 2.75) is 51.9 Å². The molecule has 1 fully saturated rings. The van der Waals surface area contributed by atoms with Crippen molar-refractivity contribution in [3.63, 3.8) is 0 Å². The van der Waals surface area contributed by atoms with Crippen LogP contribution in [0.1, 0.15) is 35.9 Å². The minimum atomic E-state index is -0.00190. The van der Waals surface area contributed by atoms with Crippen molar-refractivity contribution >= 4 is 11.6 Å². The van der Waals surface area contributed by atoms with Crippen LogP contribution in [0.4, 0.5) is 5.69 Å². The molecule has 2 aromatic carbocycles. The molecule has 1 aromatic heterocycles. The van der Waals surface area contributed by atoms with Gasteiger partial charge in [0.2, 0.25) is 0 Å². The average molecular weight is 416 g/mol. The molecule has 0 radical (unpaired) electrons. The maximum Gasteiger partial charge on any atom is 0.266 e. The van der Waals surface area contributed by atoms with Crippen LogP contribution in [0.15, 0.2) is 60.9 Å². The second-order valence-electron chi connectivity index (χ2n) is 9.34. The van der Waals surface area contributed by atoms with E-state index in [9.17, 15) is 4.79 Å². The quantitative estimate of drug-likeness (QED) is 0.612. The number of imidazole rings is 1. The molecule has 2 aliphatic rings. The Hall–Kier alpha value is -3.08. The van der Waals surface area contributed by atoms with Gasteiger partial charge < -0.3 is 9.80 Å². The SMILES string of the molecule is Cc1ccc(C[n+]2ccn(CC(=O)N3CCC4(C)c5ccccc5N(C)C34)c2C)cc1. The smallest absolute Gasteiger partial charge is 0.266 e. The van der Waals surface area contributed by atoms with Crippen LogP contribution in [0, 0.1) is 13.8 Å². The lowest BCUT2D eigenvalue weighted by Gasteiger charge is -2.34. The topological polar surface area (TPSA) is 32.4 Å². The summed E-state index contributed by atoms with van der Waals surface area (Å²) in [6.45, 7) is 8.51. The summed E-state index contributed by atoms with van der Waals surface area (Å²) in [4.78, 5) is 17.8. The van der Waals surface area contributed by atoms with E-state index in [1.54, 1.807) is 0 Å². The maximum absolute atomic E-state index is 13.4. The largest absolute Gasteiger partial charge is 0.353 e. The van der Waals surface area contributed by atoms with Crippen LogP contribution in [-0.4, -0.2) is 35.1 Å². The van der Waals surface area contributed by atoms with E-state index < -0.39 is 0 Å². The molecule has 0 aliphatic carbocycles. The number of carbonyl (C=O) groups excluding carboxylic acids is 1. The number of hydrogen-bond donors (Lipinski definition) is 0. The summed E-state index contributed by atoms with van der Waals surface area (Å²) in [5.74, 6) is 1.29. The van der Waals surface area contributed by atoms with E-state index in [2.05, 4.69) is 101 Å². The van der Waals surface area contributed by atoms with Crippen LogP contribution in [0.2, 0.25) is 0 Å². The molecule has 1 amide bonds. The molecule has 0 N–H and O–H groups in total. The molecule has 160 valence electrons. The van der Waals surface area contributed by atoms with Crippen molar-refractivity contribution < 1.29 is 9.36 Å². The molecule has 0 bridgehead atoms. The van der Waals surface area contributed by atoms with Gasteiger partial charge in [0.1, 0.15) is 25.1 Å². The van der Waals surface area contributed by atoms with E-state index in [4.69, 9.17) is 0 Å². The number of amides is 1. The maximum atomic E-state index is 13.4. The number of aryl methyl sites for hydroxylation is 1. The van der Waals surface area contributed by atoms with E-state index in [-0.39, 0.29) is 17.5 Å². The number of benzene rings is 2. The minimum Gasteiger partial charge on any atom is -0.353 e. The normalized spacial score (nSPS) is 22.0. The molecular weight excluding hydrogens is 384 g/mol. The molecule has 3 aromatic rings. The zero-order valence-electron chi connectivity index (χ0n) is 18.9. The lowest BCUT2D eigenvalue weighted by Crippen LogP contribution is -2.50. The molecule has 2 aliphatic heterocycles.